The summed E-state index contributed by atoms with van der Waals surface area (Å²) in [5.74, 6) is -0.753. The summed E-state index contributed by atoms with van der Waals surface area (Å²) >= 11 is 5.83. The maximum atomic E-state index is 12.1. The zero-order valence-corrected chi connectivity index (χ0v) is 10.0. The molecule has 0 amide bonds. The molecule has 1 aliphatic carbocycles. The Kier molecular flexibility index (Phi) is 3.52. The minimum Gasteiger partial charge on any atom is -0.406 e. The van der Waals surface area contributed by atoms with Crippen molar-refractivity contribution >= 4 is 17.4 Å². The quantitative estimate of drug-likeness (QED) is 0.774. The van der Waals surface area contributed by atoms with Crippen LogP contribution in [0.2, 0.25) is 5.02 Å². The van der Waals surface area contributed by atoms with Gasteiger partial charge in [0.2, 0.25) is 0 Å². The predicted molar refractivity (Wildman–Crippen MR) is 59.8 cm³/mol. The van der Waals surface area contributed by atoms with Crippen molar-refractivity contribution in [2.24, 2.45) is 5.92 Å². The average molecular weight is 279 g/mol. The Morgan fingerprint density at radius 1 is 1.33 bits per heavy atom. The van der Waals surface area contributed by atoms with Crippen molar-refractivity contribution < 1.29 is 22.7 Å². The number of ether oxygens (including phenoxy) is 1. The second-order valence-electron chi connectivity index (χ2n) is 4.18. The van der Waals surface area contributed by atoms with Gasteiger partial charge in [0.25, 0.3) is 0 Å². The number of hydrogen-bond acceptors (Lipinski definition) is 2. The first kappa shape index (κ1) is 13.2. The summed E-state index contributed by atoms with van der Waals surface area (Å²) < 4.78 is 40.0. The summed E-state index contributed by atoms with van der Waals surface area (Å²) in [5, 5.41) is 0.154. The summed E-state index contributed by atoms with van der Waals surface area (Å²) in [6.07, 6.45) is -2.28. The number of rotatable bonds is 3. The zero-order valence-electron chi connectivity index (χ0n) is 9.26. The molecule has 0 aromatic heterocycles. The highest BCUT2D eigenvalue weighted by Gasteiger charge is 2.32. The summed E-state index contributed by atoms with van der Waals surface area (Å²) in [6, 6.07) is 3.39. The third-order valence-corrected chi connectivity index (χ3v) is 3.24. The molecule has 1 saturated carbocycles. The van der Waals surface area contributed by atoms with Crippen LogP contribution in [-0.4, -0.2) is 12.1 Å². The first-order chi connectivity index (χ1) is 8.37. The van der Waals surface area contributed by atoms with Crippen molar-refractivity contribution in [1.29, 1.82) is 0 Å². The third-order valence-electron chi connectivity index (χ3n) is 2.91. The van der Waals surface area contributed by atoms with E-state index >= 15 is 0 Å². The molecule has 0 bridgehead atoms. The van der Waals surface area contributed by atoms with Crippen LogP contribution in [0.25, 0.3) is 0 Å². The molecular formula is C12H10ClF3O2. The molecule has 0 N–H and O–H groups in total. The van der Waals surface area contributed by atoms with Crippen LogP contribution in [0.1, 0.15) is 29.6 Å². The number of Topliss-reactive ketones (excluding diaryl/α,β-unsaturated/α-hetero) is 1. The molecule has 0 heterocycles. The highest BCUT2D eigenvalue weighted by atomic mass is 35.5. The van der Waals surface area contributed by atoms with Gasteiger partial charge in [-0.15, -0.1) is 13.2 Å². The van der Waals surface area contributed by atoms with E-state index in [0.29, 0.717) is 0 Å². The number of halogens is 4. The second-order valence-corrected chi connectivity index (χ2v) is 4.59. The molecular weight excluding hydrogens is 269 g/mol. The maximum Gasteiger partial charge on any atom is 0.573 e. The Bertz CT molecular complexity index is 467. The van der Waals surface area contributed by atoms with E-state index in [0.717, 1.165) is 31.4 Å². The Balaban J connectivity index is 2.23. The van der Waals surface area contributed by atoms with Crippen molar-refractivity contribution in [1.82, 2.24) is 0 Å². The molecule has 0 spiro atoms. The van der Waals surface area contributed by atoms with Gasteiger partial charge in [-0.05, 0) is 31.0 Å². The van der Waals surface area contributed by atoms with Crippen LogP contribution in [0.3, 0.4) is 0 Å². The van der Waals surface area contributed by atoms with E-state index in [-0.39, 0.29) is 22.3 Å². The standard InChI is InChI=1S/C12H10ClF3O2/c13-10-5-4-8(18-12(14,15)16)6-9(10)11(17)7-2-1-3-7/h4-7H,1-3H2. The summed E-state index contributed by atoms with van der Waals surface area (Å²) in [4.78, 5) is 11.9. The normalized spacial score (nSPS) is 16.2. The summed E-state index contributed by atoms with van der Waals surface area (Å²) in [5.41, 5.74) is 0.100. The first-order valence-corrected chi connectivity index (χ1v) is 5.84. The lowest BCUT2D eigenvalue weighted by Gasteiger charge is -2.24. The molecule has 1 aromatic rings. The van der Waals surface area contributed by atoms with Crippen LogP contribution < -0.4 is 4.74 Å². The molecule has 2 nitrogen and oxygen atoms in total. The van der Waals surface area contributed by atoms with Crippen molar-refractivity contribution in [3.8, 4) is 5.75 Å². The second kappa shape index (κ2) is 4.80. The van der Waals surface area contributed by atoms with E-state index in [2.05, 4.69) is 4.74 Å². The lowest BCUT2D eigenvalue weighted by molar-refractivity contribution is -0.274. The molecule has 2 rings (SSSR count). The molecule has 0 radical (unpaired) electrons. The molecule has 0 atom stereocenters. The van der Waals surface area contributed by atoms with Crippen LogP contribution in [-0.2, 0) is 0 Å². The van der Waals surface area contributed by atoms with E-state index < -0.39 is 12.1 Å². The Labute approximate surface area is 107 Å². The van der Waals surface area contributed by atoms with Gasteiger partial charge in [-0.2, -0.15) is 0 Å². The van der Waals surface area contributed by atoms with Gasteiger partial charge in [-0.25, -0.2) is 0 Å². The van der Waals surface area contributed by atoms with E-state index in [4.69, 9.17) is 11.6 Å². The molecule has 1 aromatic carbocycles. The van der Waals surface area contributed by atoms with Crippen molar-refractivity contribution in [3.05, 3.63) is 28.8 Å². The average Bonchev–Trinajstić information content (AvgIpc) is 2.16. The first-order valence-electron chi connectivity index (χ1n) is 5.46. The van der Waals surface area contributed by atoms with Crippen LogP contribution in [0.5, 0.6) is 5.75 Å². The summed E-state index contributed by atoms with van der Waals surface area (Å²) in [7, 11) is 0. The molecule has 0 aliphatic heterocycles. The van der Waals surface area contributed by atoms with E-state index in [1.54, 1.807) is 0 Å². The number of carbonyl (C=O) groups is 1. The van der Waals surface area contributed by atoms with Crippen molar-refractivity contribution in [2.75, 3.05) is 0 Å². The summed E-state index contributed by atoms with van der Waals surface area (Å²) in [6.45, 7) is 0. The topological polar surface area (TPSA) is 26.3 Å². The van der Waals surface area contributed by atoms with Gasteiger partial charge in [-0.3, -0.25) is 4.79 Å². The van der Waals surface area contributed by atoms with Crippen LogP contribution in [0.15, 0.2) is 18.2 Å². The molecule has 1 aliphatic rings. The Hall–Kier alpha value is -1.23. The number of ketones is 1. The minimum absolute atomic E-state index is 0.100. The molecule has 6 heteroatoms. The smallest absolute Gasteiger partial charge is 0.406 e. The number of hydrogen-bond donors (Lipinski definition) is 0. The van der Waals surface area contributed by atoms with Gasteiger partial charge in [-0.1, -0.05) is 18.0 Å². The number of carbonyl (C=O) groups excluding carboxylic acids is 1. The fourth-order valence-electron chi connectivity index (χ4n) is 1.78. The Morgan fingerprint density at radius 2 is 2.00 bits per heavy atom. The van der Waals surface area contributed by atoms with Crippen molar-refractivity contribution in [2.45, 2.75) is 25.6 Å². The fraction of sp³-hybridized carbons (Fsp3) is 0.417. The largest absolute Gasteiger partial charge is 0.573 e. The molecule has 0 unspecified atom stereocenters. The molecule has 98 valence electrons. The number of benzene rings is 1. The van der Waals surface area contributed by atoms with Gasteiger partial charge in [0, 0.05) is 11.5 Å². The van der Waals surface area contributed by atoms with Crippen molar-refractivity contribution in [3.63, 3.8) is 0 Å². The monoisotopic (exact) mass is 278 g/mol. The van der Waals surface area contributed by atoms with Gasteiger partial charge >= 0.3 is 6.36 Å². The van der Waals surface area contributed by atoms with Crippen LogP contribution >= 0.6 is 11.6 Å². The van der Waals surface area contributed by atoms with Gasteiger partial charge in [0.05, 0.1) is 5.02 Å². The van der Waals surface area contributed by atoms with Crippen LogP contribution in [0.4, 0.5) is 13.2 Å². The van der Waals surface area contributed by atoms with E-state index in [1.165, 1.54) is 6.07 Å². The molecule has 1 fully saturated rings. The van der Waals surface area contributed by atoms with E-state index in [1.807, 2.05) is 0 Å². The lowest BCUT2D eigenvalue weighted by Crippen LogP contribution is -2.22. The van der Waals surface area contributed by atoms with Gasteiger partial charge < -0.3 is 4.74 Å². The SMILES string of the molecule is O=C(c1cc(OC(F)(F)F)ccc1Cl)C1CCC1. The molecule has 18 heavy (non-hydrogen) atoms. The fourth-order valence-corrected chi connectivity index (χ4v) is 1.99. The number of alkyl halides is 3. The van der Waals surface area contributed by atoms with E-state index in [9.17, 15) is 18.0 Å². The highest BCUT2D eigenvalue weighted by molar-refractivity contribution is 6.34. The minimum atomic E-state index is -4.77. The predicted octanol–water partition coefficient (Wildman–Crippen LogP) is 4.22. The zero-order chi connectivity index (χ0) is 13.3. The third kappa shape index (κ3) is 2.96. The Morgan fingerprint density at radius 3 is 2.50 bits per heavy atom. The molecule has 0 saturated heterocycles. The maximum absolute atomic E-state index is 12.1. The van der Waals surface area contributed by atoms with Gasteiger partial charge in [0.15, 0.2) is 5.78 Å². The lowest BCUT2D eigenvalue weighted by atomic mass is 9.80. The van der Waals surface area contributed by atoms with Gasteiger partial charge in [0.1, 0.15) is 5.75 Å². The van der Waals surface area contributed by atoms with Crippen LogP contribution in [0, 0.1) is 5.92 Å². The highest BCUT2D eigenvalue weighted by Crippen LogP contribution is 2.34.